The Labute approximate surface area is 732 Å². The lowest BCUT2D eigenvalue weighted by molar-refractivity contribution is 0.103. The number of carbonyl (C=O) groups is 1. The first kappa shape index (κ1) is 93.2. The smallest absolute Gasteiger partial charge is 0.196 e. The molecule has 124 heavy (non-hydrogen) atoms. The Morgan fingerprint density at radius 2 is 0.573 bits per heavy atom. The number of fused-ring (bicyclic) bond motifs is 1. The van der Waals surface area contributed by atoms with E-state index in [1.54, 1.807) is 31.2 Å². The fourth-order valence-corrected chi connectivity index (χ4v) is 38.2. The first-order valence-corrected chi connectivity index (χ1v) is 51.4. The Morgan fingerprint density at radius 3 is 0.823 bits per heavy atom. The number of rotatable bonds is 26. The van der Waals surface area contributed by atoms with Crippen LogP contribution in [0.3, 0.4) is 0 Å². The van der Waals surface area contributed by atoms with E-state index in [1.165, 1.54) is 87.9 Å². The van der Waals surface area contributed by atoms with Crippen molar-refractivity contribution in [3.63, 3.8) is 0 Å². The predicted octanol–water partition coefficient (Wildman–Crippen LogP) is 17.7. The molecule has 0 aliphatic heterocycles. The van der Waals surface area contributed by atoms with Crippen LogP contribution in [0.4, 0.5) is 0 Å². The number of carbonyl (C=O) groups excluding carboxylic acids is 1. The predicted molar refractivity (Wildman–Crippen MR) is 517 cm³/mol. The SMILES string of the molecule is C.C.COc1cc(O)c(C(=O)c2ccccc2)cc1S(=O)(=O)[O-].Cc1ccc2c(S(=O)(=O)[O-])cc(S(=O)(=O)[O-])cc2c1.c1ccc([P+](CCOCC[P+](c2ccccc2)(c2ccccc2)c2ccccc2)(c2ccccc2)c2ccccc2)cc1.c1ccc([P+](C[P+](c2ccccc2)(c2ccccc2)c2ccccc2)(c2ccccc2)c2ccccc2)cc1. The minimum Gasteiger partial charge on any atom is -0.744 e. The highest BCUT2D eigenvalue weighted by atomic mass is 32.2. The molecule has 0 bridgehead atoms. The van der Waals surface area contributed by atoms with Crippen molar-refractivity contribution in [3.05, 3.63) is 453 Å². The number of aromatic hydroxyl groups is 1. The molecule has 16 aromatic carbocycles. The number of hydrogen-bond donors (Lipinski definition) is 1. The van der Waals surface area contributed by atoms with E-state index >= 15 is 0 Å². The molecule has 0 aliphatic carbocycles. The largest absolute Gasteiger partial charge is 0.744 e. The number of phenolic OH excluding ortho intramolecular Hbond substituents is 1. The lowest BCUT2D eigenvalue weighted by atomic mass is 10.0. The minimum absolute atomic E-state index is 0. The van der Waals surface area contributed by atoms with Crippen LogP contribution in [0.25, 0.3) is 10.8 Å². The number of aryl methyl sites for hydroxylation is 1. The Bertz CT molecular complexity index is 5820. The maximum Gasteiger partial charge on any atom is 0.196 e. The Balaban J connectivity index is 0.000000169. The van der Waals surface area contributed by atoms with Crippen molar-refractivity contribution in [2.75, 3.05) is 38.6 Å². The molecule has 0 unspecified atom stereocenters. The monoisotopic (exact) mass is 1770 g/mol. The summed E-state index contributed by atoms with van der Waals surface area (Å²) in [5, 5.41) is 27.1. The maximum atomic E-state index is 12.2. The minimum atomic E-state index is -4.88. The average Bonchev–Trinajstić information content (AvgIpc) is 0.714. The second-order valence-electron chi connectivity index (χ2n) is 28.7. The van der Waals surface area contributed by atoms with Gasteiger partial charge in [0, 0.05) is 11.6 Å². The summed E-state index contributed by atoms with van der Waals surface area (Å²) in [4.78, 5) is 10.1. The highest BCUT2D eigenvalue weighted by molar-refractivity contribution is 8.10. The van der Waals surface area contributed by atoms with E-state index in [9.17, 15) is 48.8 Å². The van der Waals surface area contributed by atoms with E-state index in [1.807, 2.05) is 0 Å². The first-order chi connectivity index (χ1) is 59.1. The summed E-state index contributed by atoms with van der Waals surface area (Å²) in [6, 6.07) is 150. The number of ketones is 1. The van der Waals surface area contributed by atoms with Crippen molar-refractivity contribution in [2.45, 2.75) is 36.5 Å². The van der Waals surface area contributed by atoms with Gasteiger partial charge in [-0.3, -0.25) is 4.79 Å². The summed E-state index contributed by atoms with van der Waals surface area (Å²) < 4.78 is 112. The van der Waals surface area contributed by atoms with Gasteiger partial charge in [0.2, 0.25) is 0 Å². The molecule has 13 nitrogen and oxygen atoms in total. The molecule has 0 radical (unpaired) electrons. The summed E-state index contributed by atoms with van der Waals surface area (Å²) in [6.45, 7) is 3.11. The summed E-state index contributed by atoms with van der Waals surface area (Å²) in [5.41, 5.74) is 0.714. The molecule has 0 atom stereocenters. The summed E-state index contributed by atoms with van der Waals surface area (Å²) in [7, 11) is -21.5. The van der Waals surface area contributed by atoms with Crippen LogP contribution in [-0.2, 0) is 35.1 Å². The highest BCUT2D eigenvalue weighted by Crippen LogP contribution is 2.71. The molecule has 0 saturated carbocycles. The van der Waals surface area contributed by atoms with E-state index in [0.717, 1.165) is 49.1 Å². The van der Waals surface area contributed by atoms with Crippen LogP contribution >= 0.6 is 29.0 Å². The molecular formula is C104H97O13P4S3+. The molecule has 0 heterocycles. The van der Waals surface area contributed by atoms with Gasteiger partial charge < -0.3 is 28.2 Å². The van der Waals surface area contributed by atoms with E-state index in [4.69, 9.17) is 9.47 Å². The van der Waals surface area contributed by atoms with Crippen LogP contribution in [0, 0.1) is 6.92 Å². The Kier molecular flexibility index (Phi) is 32.1. The van der Waals surface area contributed by atoms with Gasteiger partial charge >= 0.3 is 0 Å². The van der Waals surface area contributed by atoms with Gasteiger partial charge in [0.25, 0.3) is 0 Å². The van der Waals surface area contributed by atoms with Crippen LogP contribution in [0.5, 0.6) is 11.5 Å². The zero-order valence-electron chi connectivity index (χ0n) is 67.0. The van der Waals surface area contributed by atoms with Crippen LogP contribution in [0.15, 0.2) is 451 Å². The fraction of sp³-hybridized carbons (Fsp3) is 0.0865. The van der Waals surface area contributed by atoms with Crippen molar-refractivity contribution in [1.29, 1.82) is 0 Å². The van der Waals surface area contributed by atoms with E-state index in [-0.39, 0.29) is 42.5 Å². The molecule has 0 amide bonds. The third-order valence-electron chi connectivity index (χ3n) is 21.4. The van der Waals surface area contributed by atoms with Crippen molar-refractivity contribution in [3.8, 4) is 11.5 Å². The summed E-state index contributed by atoms with van der Waals surface area (Å²) in [6.07, 6.45) is 1.91. The van der Waals surface area contributed by atoms with Gasteiger partial charge in [0.1, 0.15) is 120 Å². The van der Waals surface area contributed by atoms with Crippen molar-refractivity contribution in [2.24, 2.45) is 0 Å². The molecule has 16 aromatic rings. The molecule has 16 rings (SSSR count). The fourth-order valence-electron chi connectivity index (χ4n) is 15.7. The maximum absolute atomic E-state index is 12.2. The second kappa shape index (κ2) is 42.7. The molecule has 0 fully saturated rings. The number of hydrogen-bond acceptors (Lipinski definition) is 13. The van der Waals surface area contributed by atoms with E-state index in [2.05, 4.69) is 364 Å². The molecule has 0 aromatic heterocycles. The Morgan fingerprint density at radius 1 is 0.315 bits per heavy atom. The molecule has 0 spiro atoms. The van der Waals surface area contributed by atoms with E-state index < -0.39 is 85.6 Å². The summed E-state index contributed by atoms with van der Waals surface area (Å²) in [5.74, 6) is -0.336. The second-order valence-corrected chi connectivity index (χ2v) is 47.5. The first-order valence-electron chi connectivity index (χ1n) is 39.3. The van der Waals surface area contributed by atoms with Crippen molar-refractivity contribution >= 4 is 140 Å². The number of phenols is 1. The topological polar surface area (TPSA) is 227 Å². The zero-order valence-corrected chi connectivity index (χ0v) is 73.0. The standard InChI is InChI=1S/C40H38OP2.C37H32P2.C14H12O6S.C11H10O6S2.2CH4/c1-7-19-35(20-8-1)42(36-21-9-2-10-22-36,37-23-11-3-12-24-37)33-31-41-32-34-43(38-25-13-4-14-26-38,39-27-15-5-16-28-39)40-29-17-6-18-30-40;1-7-19-32(20-8-1)38(33-21-9-2-10-22-33,34-23-11-3-12-24-34)31-39(35-25-13-4-14-26-35,36-27-15-5-16-28-36)37-29-17-6-18-30-37;1-20-12-8-11(15)10(7-13(12)21(17,18)19)14(16)9-5-3-2-4-6-9;1-7-2-3-10-8(4-7)5-9(18(12,13)14)6-11(10)19(15,16)17;;/h1-30H,31-34H2;1-30H,31H2;2-8,15H,1H3,(H,17,18,19);2-6H,1H3,(H,12,13,14)(H,15,16,17);2*1H4/q2*+2;;;;/p-3. The lowest BCUT2D eigenvalue weighted by Gasteiger charge is -2.34. The van der Waals surface area contributed by atoms with Crippen LogP contribution in [-0.4, -0.2) is 88.4 Å². The van der Waals surface area contributed by atoms with Crippen LogP contribution < -0.4 is 68.4 Å². The molecular weight excluding hydrogens is 1680 g/mol. The van der Waals surface area contributed by atoms with Gasteiger partial charge in [-0.05, 0) is 181 Å². The van der Waals surface area contributed by atoms with E-state index in [0.29, 0.717) is 19.3 Å². The average molecular weight is 1780 g/mol. The summed E-state index contributed by atoms with van der Waals surface area (Å²) >= 11 is 0. The van der Waals surface area contributed by atoms with Gasteiger partial charge in [0.05, 0.1) is 52.9 Å². The quantitative estimate of drug-likeness (QED) is 0.0231. The molecule has 1 N–H and O–H groups in total. The number of ether oxygens (including phenoxy) is 2. The zero-order chi connectivity index (χ0) is 85.6. The van der Waals surface area contributed by atoms with Crippen LogP contribution in [0.1, 0.15) is 36.3 Å². The molecule has 628 valence electrons. The van der Waals surface area contributed by atoms with Gasteiger partial charge in [-0.25, -0.2) is 25.3 Å². The third kappa shape index (κ3) is 21.3. The number of benzene rings is 16. The molecule has 0 aliphatic rings. The van der Waals surface area contributed by atoms with Crippen LogP contribution in [0.2, 0.25) is 0 Å². The Hall–Kier alpha value is -11.5. The third-order valence-corrected chi connectivity index (χ3v) is 43.2. The van der Waals surface area contributed by atoms with Gasteiger partial charge in [-0.15, -0.1) is 0 Å². The van der Waals surface area contributed by atoms with Crippen molar-refractivity contribution < 1.29 is 58.3 Å². The lowest BCUT2D eigenvalue weighted by Crippen LogP contribution is -2.41. The number of methoxy groups -OCH3 is 1. The van der Waals surface area contributed by atoms with Gasteiger partial charge in [0.15, 0.2) is 26.2 Å². The molecule has 20 heteroatoms. The van der Waals surface area contributed by atoms with Gasteiger partial charge in [-0.1, -0.05) is 287 Å². The van der Waals surface area contributed by atoms with Crippen molar-refractivity contribution in [1.82, 2.24) is 0 Å². The highest BCUT2D eigenvalue weighted by Gasteiger charge is 2.60. The molecule has 0 saturated heterocycles. The normalized spacial score (nSPS) is 11.6. The van der Waals surface area contributed by atoms with Gasteiger partial charge in [-0.2, -0.15) is 0 Å².